The largest absolute Gasteiger partial charge is 0.481 e. The fourth-order valence-electron chi connectivity index (χ4n) is 1.19. The lowest BCUT2D eigenvalue weighted by molar-refractivity contribution is -0.149. The quantitative estimate of drug-likeness (QED) is 0.629. The van der Waals surface area contributed by atoms with Gasteiger partial charge in [-0.15, -0.1) is 12.4 Å². The first kappa shape index (κ1) is 10.7. The first-order chi connectivity index (χ1) is 4.65. The number of piperidine rings is 1. The highest BCUT2D eigenvalue weighted by Crippen LogP contribution is 2.27. The van der Waals surface area contributed by atoms with Gasteiger partial charge in [-0.2, -0.15) is 0 Å². The molecule has 0 amide bonds. The highest BCUT2D eigenvalue weighted by Gasteiger charge is 2.33. The van der Waals surface area contributed by atoms with E-state index in [-0.39, 0.29) is 12.4 Å². The average molecular weight is 180 g/mol. The van der Waals surface area contributed by atoms with Gasteiger partial charge in [0.2, 0.25) is 0 Å². The van der Waals surface area contributed by atoms with Crippen LogP contribution in [0.4, 0.5) is 0 Å². The third-order valence-corrected chi connectivity index (χ3v) is 2.22. The van der Waals surface area contributed by atoms with Crippen molar-refractivity contribution in [1.82, 2.24) is 5.32 Å². The molecule has 4 heteroatoms. The average Bonchev–Trinajstić information content (AvgIpc) is 1.89. The zero-order valence-corrected chi connectivity index (χ0v) is 7.41. The van der Waals surface area contributed by atoms with Crippen LogP contribution in [0.2, 0.25) is 0 Å². The summed E-state index contributed by atoms with van der Waals surface area (Å²) in [5, 5.41) is 11.9. The van der Waals surface area contributed by atoms with Gasteiger partial charge in [0, 0.05) is 0 Å². The first-order valence-corrected chi connectivity index (χ1v) is 3.59. The van der Waals surface area contributed by atoms with Crippen molar-refractivity contribution in [3.8, 4) is 0 Å². The van der Waals surface area contributed by atoms with Crippen molar-refractivity contribution < 1.29 is 9.90 Å². The predicted molar refractivity (Wildman–Crippen MR) is 45.1 cm³/mol. The van der Waals surface area contributed by atoms with Crippen molar-refractivity contribution in [2.24, 2.45) is 5.41 Å². The summed E-state index contributed by atoms with van der Waals surface area (Å²) < 4.78 is 0. The van der Waals surface area contributed by atoms with Crippen LogP contribution in [-0.2, 0) is 4.79 Å². The van der Waals surface area contributed by atoms with Gasteiger partial charge in [-0.05, 0) is 32.9 Å². The second-order valence-corrected chi connectivity index (χ2v) is 3.12. The molecule has 1 rings (SSSR count). The van der Waals surface area contributed by atoms with Crippen LogP contribution in [0.3, 0.4) is 0 Å². The Balaban J connectivity index is 0.000001000. The molecule has 0 saturated carbocycles. The van der Waals surface area contributed by atoms with E-state index in [9.17, 15) is 4.79 Å². The normalized spacial score (nSPS) is 21.9. The highest BCUT2D eigenvalue weighted by atomic mass is 35.5. The van der Waals surface area contributed by atoms with E-state index >= 15 is 0 Å². The number of carbonyl (C=O) groups is 1. The molecule has 0 atom stereocenters. The van der Waals surface area contributed by atoms with E-state index in [2.05, 4.69) is 5.32 Å². The topological polar surface area (TPSA) is 49.3 Å². The van der Waals surface area contributed by atoms with E-state index in [0.29, 0.717) is 0 Å². The van der Waals surface area contributed by atoms with Gasteiger partial charge in [0.25, 0.3) is 0 Å². The minimum Gasteiger partial charge on any atom is -0.481 e. The number of hydrogen-bond donors (Lipinski definition) is 2. The van der Waals surface area contributed by atoms with Crippen molar-refractivity contribution >= 4 is 18.4 Å². The molecule has 0 aromatic heterocycles. The van der Waals surface area contributed by atoms with Crippen LogP contribution in [0.15, 0.2) is 0 Å². The zero-order chi connectivity index (χ0) is 7.61. The Hall–Kier alpha value is -0.280. The number of rotatable bonds is 1. The molecule has 0 unspecified atom stereocenters. The molecule has 0 aliphatic carbocycles. The summed E-state index contributed by atoms with van der Waals surface area (Å²) in [5.74, 6) is -0.658. The van der Waals surface area contributed by atoms with Crippen molar-refractivity contribution in [3.05, 3.63) is 0 Å². The number of carboxylic acid groups (broad SMARTS) is 1. The summed E-state index contributed by atoms with van der Waals surface area (Å²) in [4.78, 5) is 10.6. The highest BCUT2D eigenvalue weighted by molar-refractivity contribution is 5.85. The summed E-state index contributed by atoms with van der Waals surface area (Å²) in [6, 6.07) is 0. The van der Waals surface area contributed by atoms with Crippen molar-refractivity contribution in [1.29, 1.82) is 0 Å². The van der Waals surface area contributed by atoms with Gasteiger partial charge in [-0.25, -0.2) is 0 Å². The SMILES string of the molecule is CC1(C(=O)O)CCNCC1.Cl. The standard InChI is InChI=1S/C7H13NO2.ClH/c1-7(6(9)10)2-4-8-5-3-7;/h8H,2-5H2,1H3,(H,9,10);1H. The molecule has 1 saturated heterocycles. The Labute approximate surface area is 72.6 Å². The van der Waals surface area contributed by atoms with E-state index in [4.69, 9.17) is 5.11 Å². The molecule has 2 N–H and O–H groups in total. The molecule has 0 radical (unpaired) electrons. The second kappa shape index (κ2) is 3.93. The van der Waals surface area contributed by atoms with Crippen LogP contribution in [0.25, 0.3) is 0 Å². The van der Waals surface area contributed by atoms with Crippen molar-refractivity contribution in [3.63, 3.8) is 0 Å². The van der Waals surface area contributed by atoms with Gasteiger partial charge in [0.1, 0.15) is 0 Å². The van der Waals surface area contributed by atoms with Crippen LogP contribution < -0.4 is 5.32 Å². The minimum absolute atomic E-state index is 0. The first-order valence-electron chi connectivity index (χ1n) is 3.59. The molecule has 0 aromatic rings. The van der Waals surface area contributed by atoms with E-state index in [1.807, 2.05) is 6.92 Å². The summed E-state index contributed by atoms with van der Waals surface area (Å²) in [6.45, 7) is 3.49. The third-order valence-electron chi connectivity index (χ3n) is 2.22. The molecule has 1 aliphatic rings. The lowest BCUT2D eigenvalue weighted by Crippen LogP contribution is -2.39. The van der Waals surface area contributed by atoms with Gasteiger partial charge >= 0.3 is 5.97 Å². The van der Waals surface area contributed by atoms with Gasteiger partial charge in [-0.1, -0.05) is 0 Å². The Bertz CT molecular complexity index is 143. The molecule has 1 aliphatic heterocycles. The lowest BCUT2D eigenvalue weighted by Gasteiger charge is -2.29. The summed E-state index contributed by atoms with van der Waals surface area (Å²) in [7, 11) is 0. The minimum atomic E-state index is -0.658. The van der Waals surface area contributed by atoms with Crippen molar-refractivity contribution in [2.75, 3.05) is 13.1 Å². The van der Waals surface area contributed by atoms with E-state index in [1.54, 1.807) is 0 Å². The number of halogens is 1. The van der Waals surface area contributed by atoms with E-state index in [1.165, 1.54) is 0 Å². The van der Waals surface area contributed by atoms with E-state index in [0.717, 1.165) is 25.9 Å². The number of nitrogens with one attached hydrogen (secondary N) is 1. The number of hydrogen-bond acceptors (Lipinski definition) is 2. The molecule has 0 bridgehead atoms. The van der Waals surface area contributed by atoms with Crippen LogP contribution in [-0.4, -0.2) is 24.2 Å². The molecule has 0 spiro atoms. The monoisotopic (exact) mass is 179 g/mol. The summed E-state index contributed by atoms with van der Waals surface area (Å²) >= 11 is 0. The number of carboxylic acids is 1. The number of aliphatic carboxylic acids is 1. The van der Waals surface area contributed by atoms with Crippen LogP contribution in [0, 0.1) is 5.41 Å². The van der Waals surface area contributed by atoms with Crippen molar-refractivity contribution in [2.45, 2.75) is 19.8 Å². The Kier molecular flexibility index (Phi) is 3.83. The fraction of sp³-hybridized carbons (Fsp3) is 0.857. The lowest BCUT2D eigenvalue weighted by atomic mass is 9.81. The molecule has 11 heavy (non-hydrogen) atoms. The zero-order valence-electron chi connectivity index (χ0n) is 6.59. The summed E-state index contributed by atoms with van der Waals surface area (Å²) in [6.07, 6.45) is 1.50. The van der Waals surface area contributed by atoms with E-state index < -0.39 is 11.4 Å². The van der Waals surface area contributed by atoms with Crippen LogP contribution in [0.1, 0.15) is 19.8 Å². The molecule has 0 aromatic carbocycles. The maximum Gasteiger partial charge on any atom is 0.309 e. The van der Waals surface area contributed by atoms with Crippen LogP contribution >= 0.6 is 12.4 Å². The molecule has 3 nitrogen and oxygen atoms in total. The molecular weight excluding hydrogens is 166 g/mol. The molecular formula is C7H14ClNO2. The Morgan fingerprint density at radius 1 is 1.45 bits per heavy atom. The predicted octanol–water partition coefficient (Wildman–Crippen LogP) is 0.882. The third kappa shape index (κ3) is 2.34. The van der Waals surface area contributed by atoms with Gasteiger partial charge < -0.3 is 10.4 Å². The van der Waals surface area contributed by atoms with Gasteiger partial charge in [-0.3, -0.25) is 4.79 Å². The summed E-state index contributed by atoms with van der Waals surface area (Å²) in [5.41, 5.74) is -0.467. The second-order valence-electron chi connectivity index (χ2n) is 3.12. The maximum atomic E-state index is 10.6. The molecule has 1 fully saturated rings. The van der Waals surface area contributed by atoms with Crippen LogP contribution in [0.5, 0.6) is 0 Å². The smallest absolute Gasteiger partial charge is 0.309 e. The van der Waals surface area contributed by atoms with Gasteiger partial charge in [0.15, 0.2) is 0 Å². The fourth-order valence-corrected chi connectivity index (χ4v) is 1.19. The van der Waals surface area contributed by atoms with Gasteiger partial charge in [0.05, 0.1) is 5.41 Å². The maximum absolute atomic E-state index is 10.6. The molecule has 66 valence electrons. The molecule has 1 heterocycles. The Morgan fingerprint density at radius 2 is 1.91 bits per heavy atom. The Morgan fingerprint density at radius 3 is 2.18 bits per heavy atom.